The van der Waals surface area contributed by atoms with Gasteiger partial charge in [-0.3, -0.25) is 10.1 Å². The number of rotatable bonds is 8. The van der Waals surface area contributed by atoms with Gasteiger partial charge in [-0.25, -0.2) is 0 Å². The van der Waals surface area contributed by atoms with Crippen molar-refractivity contribution in [2.75, 3.05) is 13.7 Å². The molecule has 1 N–H and O–H groups in total. The maximum Gasteiger partial charge on any atom is 0.345 e. The Hall–Kier alpha value is -2.31. The third-order valence-electron chi connectivity index (χ3n) is 3.51. The van der Waals surface area contributed by atoms with Gasteiger partial charge in [-0.1, -0.05) is 60.7 Å². The monoisotopic (exact) mass is 335 g/mol. The highest BCUT2D eigenvalue weighted by atomic mass is 19.3. The topological polar surface area (TPSA) is 47.6 Å². The molecule has 0 spiro atoms. The van der Waals surface area contributed by atoms with Gasteiger partial charge >= 0.3 is 12.6 Å². The van der Waals surface area contributed by atoms with Crippen LogP contribution in [0.1, 0.15) is 17.2 Å². The van der Waals surface area contributed by atoms with Gasteiger partial charge in [-0.2, -0.15) is 8.78 Å². The molecule has 0 aliphatic rings. The zero-order valence-corrected chi connectivity index (χ0v) is 13.2. The highest BCUT2D eigenvalue weighted by molar-refractivity contribution is 5.76. The van der Waals surface area contributed by atoms with Crippen LogP contribution in [-0.2, 0) is 14.3 Å². The summed E-state index contributed by atoms with van der Waals surface area (Å²) >= 11 is 0. The Kier molecular flexibility index (Phi) is 6.84. The zero-order valence-electron chi connectivity index (χ0n) is 13.2. The molecule has 0 fully saturated rings. The third-order valence-corrected chi connectivity index (χ3v) is 3.51. The predicted molar refractivity (Wildman–Crippen MR) is 85.6 cm³/mol. The minimum atomic E-state index is -2.95. The molecule has 24 heavy (non-hydrogen) atoms. The zero-order chi connectivity index (χ0) is 17.4. The van der Waals surface area contributed by atoms with Crippen molar-refractivity contribution in [2.45, 2.75) is 18.7 Å². The molecule has 0 radical (unpaired) electrons. The van der Waals surface area contributed by atoms with Crippen LogP contribution in [0.25, 0.3) is 0 Å². The fourth-order valence-electron chi connectivity index (χ4n) is 2.37. The Labute approximate surface area is 139 Å². The molecule has 6 heteroatoms. The average molecular weight is 335 g/mol. The first-order chi connectivity index (χ1) is 11.6. The van der Waals surface area contributed by atoms with E-state index in [1.54, 1.807) is 0 Å². The largest absolute Gasteiger partial charge is 0.468 e. The molecule has 0 heterocycles. The number of carbonyl (C=O) groups is 1. The molecule has 2 rings (SSSR count). The minimum Gasteiger partial charge on any atom is -0.468 e. The maximum atomic E-state index is 12.3. The summed E-state index contributed by atoms with van der Waals surface area (Å²) in [5, 5.41) is 3.06. The number of nitrogens with one attached hydrogen (secondary N) is 1. The van der Waals surface area contributed by atoms with Crippen molar-refractivity contribution in [3.63, 3.8) is 0 Å². The molecular formula is C18H19F2NO3. The molecule has 0 saturated heterocycles. The molecule has 0 saturated carbocycles. The number of alkyl halides is 2. The lowest BCUT2D eigenvalue weighted by Crippen LogP contribution is -2.44. The number of esters is 1. The lowest BCUT2D eigenvalue weighted by atomic mass is 9.98. The normalized spacial score (nSPS) is 12.4. The average Bonchev–Trinajstić information content (AvgIpc) is 2.62. The summed E-state index contributed by atoms with van der Waals surface area (Å²) in [4.78, 5) is 11.9. The Morgan fingerprint density at radius 3 is 1.92 bits per heavy atom. The molecule has 1 unspecified atom stereocenters. The van der Waals surface area contributed by atoms with Crippen LogP contribution in [0.5, 0.6) is 0 Å². The fraction of sp³-hybridized carbons (Fsp3) is 0.278. The van der Waals surface area contributed by atoms with Gasteiger partial charge in [0, 0.05) is 0 Å². The van der Waals surface area contributed by atoms with E-state index >= 15 is 0 Å². The SMILES string of the molecule is COC(=O)C(COC(F)F)NC(c1ccccc1)c1ccccc1. The van der Waals surface area contributed by atoms with E-state index < -0.39 is 25.2 Å². The number of hydrogen-bond acceptors (Lipinski definition) is 4. The van der Waals surface area contributed by atoms with Gasteiger partial charge in [0.15, 0.2) is 0 Å². The molecule has 0 bridgehead atoms. The van der Waals surface area contributed by atoms with E-state index in [1.165, 1.54) is 7.11 Å². The van der Waals surface area contributed by atoms with Crippen molar-refractivity contribution in [2.24, 2.45) is 0 Å². The predicted octanol–water partition coefficient (Wildman–Crippen LogP) is 3.15. The summed E-state index contributed by atoms with van der Waals surface area (Å²) in [7, 11) is 1.21. The summed E-state index contributed by atoms with van der Waals surface area (Å²) in [6.45, 7) is -3.44. The summed E-state index contributed by atoms with van der Waals surface area (Å²) < 4.78 is 33.7. The van der Waals surface area contributed by atoms with Gasteiger partial charge in [-0.05, 0) is 11.1 Å². The third kappa shape index (κ3) is 5.11. The summed E-state index contributed by atoms with van der Waals surface area (Å²) in [6, 6.07) is 17.4. The number of carbonyl (C=O) groups excluding carboxylic acids is 1. The molecule has 1 atom stereocenters. The number of benzene rings is 2. The van der Waals surface area contributed by atoms with Crippen LogP contribution in [0.15, 0.2) is 60.7 Å². The van der Waals surface area contributed by atoms with Crippen LogP contribution in [0.4, 0.5) is 8.78 Å². The highest BCUT2D eigenvalue weighted by Crippen LogP contribution is 2.22. The number of halogens is 2. The van der Waals surface area contributed by atoms with E-state index in [9.17, 15) is 13.6 Å². The first-order valence-electron chi connectivity index (χ1n) is 7.45. The quantitative estimate of drug-likeness (QED) is 0.753. The maximum absolute atomic E-state index is 12.3. The molecule has 0 aliphatic carbocycles. The molecule has 4 nitrogen and oxygen atoms in total. The van der Waals surface area contributed by atoms with E-state index in [0.717, 1.165) is 11.1 Å². The van der Waals surface area contributed by atoms with Gasteiger partial charge < -0.3 is 9.47 Å². The van der Waals surface area contributed by atoms with Gasteiger partial charge in [0.1, 0.15) is 6.04 Å². The van der Waals surface area contributed by atoms with Crippen LogP contribution in [0.3, 0.4) is 0 Å². The van der Waals surface area contributed by atoms with Crippen molar-refractivity contribution >= 4 is 5.97 Å². The first-order valence-corrected chi connectivity index (χ1v) is 7.45. The minimum absolute atomic E-state index is 0.363. The number of hydrogen-bond donors (Lipinski definition) is 1. The van der Waals surface area contributed by atoms with E-state index in [1.807, 2.05) is 60.7 Å². The van der Waals surface area contributed by atoms with Crippen LogP contribution >= 0.6 is 0 Å². The fourth-order valence-corrected chi connectivity index (χ4v) is 2.37. The van der Waals surface area contributed by atoms with E-state index in [4.69, 9.17) is 4.74 Å². The Bertz CT molecular complexity index is 583. The highest BCUT2D eigenvalue weighted by Gasteiger charge is 2.26. The summed E-state index contributed by atoms with van der Waals surface area (Å²) in [5.74, 6) is -0.660. The van der Waals surface area contributed by atoms with Crippen LogP contribution in [-0.4, -0.2) is 32.3 Å². The van der Waals surface area contributed by atoms with Gasteiger partial charge in [0.2, 0.25) is 0 Å². The molecule has 2 aromatic rings. The van der Waals surface area contributed by atoms with Gasteiger partial charge in [-0.15, -0.1) is 0 Å². The molecule has 0 amide bonds. The lowest BCUT2D eigenvalue weighted by Gasteiger charge is -2.25. The molecule has 0 aromatic heterocycles. The molecule has 2 aromatic carbocycles. The van der Waals surface area contributed by atoms with E-state index in [0.29, 0.717) is 0 Å². The van der Waals surface area contributed by atoms with Crippen molar-refractivity contribution in [1.82, 2.24) is 5.32 Å². The van der Waals surface area contributed by atoms with E-state index in [2.05, 4.69) is 10.1 Å². The van der Waals surface area contributed by atoms with Gasteiger partial charge in [0.25, 0.3) is 0 Å². The van der Waals surface area contributed by atoms with Crippen molar-refractivity contribution in [3.8, 4) is 0 Å². The Morgan fingerprint density at radius 2 is 1.50 bits per heavy atom. The smallest absolute Gasteiger partial charge is 0.345 e. The summed E-state index contributed by atoms with van der Waals surface area (Å²) in [6.07, 6.45) is 0. The standard InChI is InChI=1S/C18H19F2NO3/c1-23-17(22)15(12-24-18(19)20)21-16(13-8-4-2-5-9-13)14-10-6-3-7-11-14/h2-11,15-16,18,21H,12H2,1H3. The van der Waals surface area contributed by atoms with Gasteiger partial charge in [0.05, 0.1) is 19.8 Å². The second kappa shape index (κ2) is 9.10. The van der Waals surface area contributed by atoms with Crippen LogP contribution in [0, 0.1) is 0 Å². The van der Waals surface area contributed by atoms with Crippen molar-refractivity contribution in [1.29, 1.82) is 0 Å². The number of methoxy groups -OCH3 is 1. The Morgan fingerprint density at radius 1 is 1.00 bits per heavy atom. The van der Waals surface area contributed by atoms with Crippen molar-refractivity contribution in [3.05, 3.63) is 71.8 Å². The second-order valence-corrected chi connectivity index (χ2v) is 5.09. The Balaban J connectivity index is 2.27. The van der Waals surface area contributed by atoms with Crippen LogP contribution < -0.4 is 5.32 Å². The second-order valence-electron chi connectivity index (χ2n) is 5.09. The molecular weight excluding hydrogens is 316 g/mol. The van der Waals surface area contributed by atoms with Crippen LogP contribution in [0.2, 0.25) is 0 Å². The first kappa shape index (κ1) is 18.0. The van der Waals surface area contributed by atoms with E-state index in [-0.39, 0.29) is 6.04 Å². The molecule has 0 aliphatic heterocycles. The summed E-state index contributed by atoms with van der Waals surface area (Å²) in [5.41, 5.74) is 1.80. The van der Waals surface area contributed by atoms with Crippen molar-refractivity contribution < 1.29 is 23.0 Å². The number of ether oxygens (including phenoxy) is 2. The molecule has 128 valence electrons. The lowest BCUT2D eigenvalue weighted by molar-refractivity contribution is -0.156.